The van der Waals surface area contributed by atoms with Gasteiger partial charge in [0.25, 0.3) is 0 Å². The smallest absolute Gasteiger partial charge is 0.245 e. The molecular weight excluding hydrogens is 236 g/mol. The summed E-state index contributed by atoms with van der Waals surface area (Å²) in [4.78, 5) is 13.2. The zero-order valence-corrected chi connectivity index (χ0v) is 10.6. The Hall–Kier alpha value is -1.95. The number of β-lactam (4-membered cyclic amide) rings is 1. The first kappa shape index (κ1) is 12.5. The van der Waals surface area contributed by atoms with Crippen LogP contribution in [0.4, 0.5) is 5.69 Å². The highest BCUT2D eigenvalue weighted by Crippen LogP contribution is 2.41. The van der Waals surface area contributed by atoms with Crippen LogP contribution in [0.1, 0.15) is 0 Å². The molecule has 1 aliphatic heterocycles. The molecule has 1 fully saturated rings. The molecule has 2 rings (SSSR count). The van der Waals surface area contributed by atoms with E-state index < -0.39 is 6.04 Å². The number of ether oxygens (including phenoxy) is 3. The summed E-state index contributed by atoms with van der Waals surface area (Å²) < 4.78 is 15.7. The van der Waals surface area contributed by atoms with E-state index in [4.69, 9.17) is 19.9 Å². The van der Waals surface area contributed by atoms with Crippen molar-refractivity contribution in [2.45, 2.75) is 6.04 Å². The van der Waals surface area contributed by atoms with Crippen molar-refractivity contribution < 1.29 is 19.0 Å². The number of carbonyl (C=O) groups excluding carboxylic acids is 1. The summed E-state index contributed by atoms with van der Waals surface area (Å²) in [6.07, 6.45) is 0. The second-order valence-corrected chi connectivity index (χ2v) is 3.94. The molecule has 0 aliphatic carbocycles. The normalized spacial score (nSPS) is 18.3. The molecule has 98 valence electrons. The molecule has 1 atom stereocenters. The van der Waals surface area contributed by atoms with Crippen molar-refractivity contribution in [2.24, 2.45) is 5.73 Å². The van der Waals surface area contributed by atoms with Crippen LogP contribution in [-0.4, -0.2) is 39.8 Å². The van der Waals surface area contributed by atoms with E-state index >= 15 is 0 Å². The summed E-state index contributed by atoms with van der Waals surface area (Å²) in [5.41, 5.74) is 6.26. The summed E-state index contributed by atoms with van der Waals surface area (Å²) in [5.74, 6) is 1.42. The average molecular weight is 252 g/mol. The van der Waals surface area contributed by atoms with Crippen molar-refractivity contribution in [2.75, 3.05) is 32.8 Å². The maximum atomic E-state index is 11.6. The van der Waals surface area contributed by atoms with Crippen molar-refractivity contribution >= 4 is 11.6 Å². The van der Waals surface area contributed by atoms with Crippen molar-refractivity contribution in [1.29, 1.82) is 0 Å². The van der Waals surface area contributed by atoms with Crippen LogP contribution >= 0.6 is 0 Å². The molecule has 2 N–H and O–H groups in total. The van der Waals surface area contributed by atoms with E-state index in [1.807, 2.05) is 0 Å². The van der Waals surface area contributed by atoms with Gasteiger partial charge < -0.3 is 24.8 Å². The number of anilines is 1. The largest absolute Gasteiger partial charge is 0.493 e. The predicted octanol–water partition coefficient (Wildman–Crippen LogP) is 0.386. The van der Waals surface area contributed by atoms with Crippen LogP contribution in [0.5, 0.6) is 17.2 Å². The molecule has 18 heavy (non-hydrogen) atoms. The van der Waals surface area contributed by atoms with E-state index in [0.29, 0.717) is 29.5 Å². The van der Waals surface area contributed by atoms with Crippen LogP contribution in [0, 0.1) is 0 Å². The van der Waals surface area contributed by atoms with Crippen LogP contribution in [0.15, 0.2) is 12.1 Å². The lowest BCUT2D eigenvalue weighted by molar-refractivity contribution is -0.123. The van der Waals surface area contributed by atoms with Gasteiger partial charge in [0.15, 0.2) is 11.5 Å². The van der Waals surface area contributed by atoms with Crippen molar-refractivity contribution in [3.8, 4) is 17.2 Å². The highest BCUT2D eigenvalue weighted by Gasteiger charge is 2.35. The summed E-state index contributed by atoms with van der Waals surface area (Å²) in [6, 6.07) is 3.04. The Bertz CT molecular complexity index is 450. The molecule has 0 radical (unpaired) electrons. The van der Waals surface area contributed by atoms with Crippen LogP contribution in [0.2, 0.25) is 0 Å². The number of methoxy groups -OCH3 is 3. The molecule has 1 amide bonds. The lowest BCUT2D eigenvalue weighted by atomic mass is 10.1. The van der Waals surface area contributed by atoms with E-state index in [1.54, 1.807) is 17.0 Å². The predicted molar refractivity (Wildman–Crippen MR) is 66.4 cm³/mol. The third-order valence-electron chi connectivity index (χ3n) is 2.92. The van der Waals surface area contributed by atoms with Crippen LogP contribution in [-0.2, 0) is 4.79 Å². The molecule has 1 aromatic rings. The first-order chi connectivity index (χ1) is 8.62. The van der Waals surface area contributed by atoms with Crippen molar-refractivity contribution in [1.82, 2.24) is 0 Å². The zero-order valence-electron chi connectivity index (χ0n) is 10.6. The number of rotatable bonds is 4. The standard InChI is InChI=1S/C12H16N2O4/c1-16-9-4-7(14-6-8(13)12(14)15)5-10(17-2)11(9)18-3/h4-5,8H,6,13H2,1-3H3. The maximum Gasteiger partial charge on any atom is 0.245 e. The van der Waals surface area contributed by atoms with Gasteiger partial charge in [-0.1, -0.05) is 0 Å². The Labute approximate surface area is 105 Å². The van der Waals surface area contributed by atoms with E-state index in [0.717, 1.165) is 0 Å². The fraction of sp³-hybridized carbons (Fsp3) is 0.417. The fourth-order valence-corrected chi connectivity index (χ4v) is 1.91. The molecule has 1 unspecified atom stereocenters. The van der Waals surface area contributed by atoms with Crippen LogP contribution < -0.4 is 24.8 Å². The Morgan fingerprint density at radius 2 is 1.72 bits per heavy atom. The Morgan fingerprint density at radius 1 is 1.17 bits per heavy atom. The van der Waals surface area contributed by atoms with Gasteiger partial charge in [-0.25, -0.2) is 0 Å². The van der Waals surface area contributed by atoms with E-state index in [9.17, 15) is 4.79 Å². The monoisotopic (exact) mass is 252 g/mol. The van der Waals surface area contributed by atoms with Crippen LogP contribution in [0.25, 0.3) is 0 Å². The van der Waals surface area contributed by atoms with Gasteiger partial charge >= 0.3 is 0 Å². The average Bonchev–Trinajstić information content (AvgIpc) is 2.42. The summed E-state index contributed by atoms with van der Waals surface area (Å²) in [6.45, 7) is 0.497. The Kier molecular flexibility index (Phi) is 3.29. The number of hydrogen-bond donors (Lipinski definition) is 1. The zero-order chi connectivity index (χ0) is 13.3. The molecule has 1 aliphatic rings. The molecule has 6 heteroatoms. The third-order valence-corrected chi connectivity index (χ3v) is 2.92. The molecule has 0 bridgehead atoms. The summed E-state index contributed by atoms with van der Waals surface area (Å²) in [7, 11) is 4.60. The first-order valence-electron chi connectivity index (χ1n) is 5.49. The topological polar surface area (TPSA) is 74.0 Å². The van der Waals surface area contributed by atoms with Gasteiger partial charge in [-0.05, 0) is 0 Å². The molecule has 0 spiro atoms. The number of carbonyl (C=O) groups is 1. The number of nitrogens with two attached hydrogens (primary N) is 1. The van der Waals surface area contributed by atoms with Gasteiger partial charge in [0.05, 0.1) is 33.6 Å². The molecule has 1 heterocycles. The molecule has 0 saturated carbocycles. The van der Waals surface area contributed by atoms with E-state index in [2.05, 4.69) is 0 Å². The number of amides is 1. The fourth-order valence-electron chi connectivity index (χ4n) is 1.91. The number of hydrogen-bond acceptors (Lipinski definition) is 5. The summed E-state index contributed by atoms with van der Waals surface area (Å²) >= 11 is 0. The highest BCUT2D eigenvalue weighted by molar-refractivity contribution is 6.04. The molecule has 1 saturated heterocycles. The van der Waals surface area contributed by atoms with Crippen LogP contribution in [0.3, 0.4) is 0 Å². The quantitative estimate of drug-likeness (QED) is 0.784. The minimum atomic E-state index is -0.413. The van der Waals surface area contributed by atoms with Gasteiger partial charge in [0, 0.05) is 12.1 Å². The van der Waals surface area contributed by atoms with E-state index in [1.165, 1.54) is 21.3 Å². The van der Waals surface area contributed by atoms with Crippen molar-refractivity contribution in [3.05, 3.63) is 12.1 Å². The van der Waals surface area contributed by atoms with Gasteiger partial charge in [0.1, 0.15) is 6.04 Å². The lowest BCUT2D eigenvalue weighted by Gasteiger charge is -2.36. The van der Waals surface area contributed by atoms with Gasteiger partial charge in [-0.3, -0.25) is 4.79 Å². The Morgan fingerprint density at radius 3 is 2.06 bits per heavy atom. The van der Waals surface area contributed by atoms with Gasteiger partial charge in [0.2, 0.25) is 11.7 Å². The third kappa shape index (κ3) is 1.84. The Balaban J connectivity index is 2.41. The van der Waals surface area contributed by atoms with E-state index in [-0.39, 0.29) is 5.91 Å². The molecular formula is C12H16N2O4. The minimum Gasteiger partial charge on any atom is -0.493 e. The SMILES string of the molecule is COc1cc(N2CC(N)C2=O)cc(OC)c1OC. The van der Waals surface area contributed by atoms with Crippen molar-refractivity contribution in [3.63, 3.8) is 0 Å². The van der Waals surface area contributed by atoms with Gasteiger partial charge in [-0.2, -0.15) is 0 Å². The van der Waals surface area contributed by atoms with Gasteiger partial charge in [-0.15, -0.1) is 0 Å². The number of benzene rings is 1. The summed E-state index contributed by atoms with van der Waals surface area (Å²) in [5, 5.41) is 0. The molecule has 1 aromatic carbocycles. The second-order valence-electron chi connectivity index (χ2n) is 3.94. The maximum absolute atomic E-state index is 11.6. The first-order valence-corrected chi connectivity index (χ1v) is 5.49. The molecule has 0 aromatic heterocycles. The minimum absolute atomic E-state index is 0.107. The lowest BCUT2D eigenvalue weighted by Crippen LogP contribution is -2.61. The molecule has 6 nitrogen and oxygen atoms in total. The second kappa shape index (κ2) is 4.73. The number of nitrogens with zero attached hydrogens (tertiary/aromatic N) is 1. The highest BCUT2D eigenvalue weighted by atomic mass is 16.5.